The van der Waals surface area contributed by atoms with E-state index in [1.807, 2.05) is 6.92 Å². The van der Waals surface area contributed by atoms with Crippen molar-refractivity contribution in [2.75, 3.05) is 0 Å². The molecule has 3 rings (SSSR count). The highest BCUT2D eigenvalue weighted by molar-refractivity contribution is 5.68. The standard InChI is InChI=1S/C18H17NO/c1-3-14-4-6-15(7-5-14)16-8-10-17(11-9-16)18-12-19-13(2)20-18/h4-12H,3H2,1-2H3. The van der Waals surface area contributed by atoms with Crippen molar-refractivity contribution in [3.05, 3.63) is 66.2 Å². The van der Waals surface area contributed by atoms with Gasteiger partial charge in [0.2, 0.25) is 0 Å². The lowest BCUT2D eigenvalue weighted by Crippen LogP contribution is -1.82. The summed E-state index contributed by atoms with van der Waals surface area (Å²) in [4.78, 5) is 4.13. The van der Waals surface area contributed by atoms with Crippen LogP contribution in [0.3, 0.4) is 0 Å². The molecule has 0 amide bonds. The van der Waals surface area contributed by atoms with Gasteiger partial charge < -0.3 is 4.42 Å². The average molecular weight is 263 g/mol. The van der Waals surface area contributed by atoms with E-state index in [0.29, 0.717) is 5.89 Å². The molecule has 0 aliphatic carbocycles. The summed E-state index contributed by atoms with van der Waals surface area (Å²) in [5.41, 5.74) is 4.87. The van der Waals surface area contributed by atoms with Crippen molar-refractivity contribution >= 4 is 0 Å². The summed E-state index contributed by atoms with van der Waals surface area (Å²) in [5.74, 6) is 1.51. The van der Waals surface area contributed by atoms with E-state index < -0.39 is 0 Å². The molecular weight excluding hydrogens is 246 g/mol. The van der Waals surface area contributed by atoms with Crippen LogP contribution in [0.2, 0.25) is 0 Å². The summed E-state index contributed by atoms with van der Waals surface area (Å²) in [6.07, 6.45) is 2.84. The average Bonchev–Trinajstić information content (AvgIpc) is 2.94. The van der Waals surface area contributed by atoms with Gasteiger partial charge in [-0.3, -0.25) is 0 Å². The lowest BCUT2D eigenvalue weighted by atomic mass is 10.0. The molecule has 0 fully saturated rings. The van der Waals surface area contributed by atoms with Crippen LogP contribution < -0.4 is 0 Å². The van der Waals surface area contributed by atoms with Crippen molar-refractivity contribution in [2.45, 2.75) is 20.3 Å². The molecule has 0 aliphatic rings. The highest BCUT2D eigenvalue weighted by Gasteiger charge is 2.04. The minimum Gasteiger partial charge on any atom is -0.441 e. The summed E-state index contributed by atoms with van der Waals surface area (Å²) in [7, 11) is 0. The minimum absolute atomic E-state index is 0.694. The van der Waals surface area contributed by atoms with Gasteiger partial charge in [-0.05, 0) is 23.1 Å². The fraction of sp³-hybridized carbons (Fsp3) is 0.167. The van der Waals surface area contributed by atoms with Crippen LogP contribution >= 0.6 is 0 Å². The Balaban J connectivity index is 1.88. The van der Waals surface area contributed by atoms with Gasteiger partial charge >= 0.3 is 0 Å². The van der Waals surface area contributed by atoms with Gasteiger partial charge in [0.1, 0.15) is 0 Å². The minimum atomic E-state index is 0.694. The van der Waals surface area contributed by atoms with Crippen molar-refractivity contribution < 1.29 is 4.42 Å². The second-order valence-electron chi connectivity index (χ2n) is 4.87. The zero-order valence-electron chi connectivity index (χ0n) is 11.8. The van der Waals surface area contributed by atoms with Gasteiger partial charge in [-0.1, -0.05) is 55.5 Å². The van der Waals surface area contributed by atoms with Crippen LogP contribution in [-0.4, -0.2) is 4.98 Å². The summed E-state index contributed by atoms with van der Waals surface area (Å²) < 4.78 is 5.53. The molecule has 3 aromatic rings. The molecule has 20 heavy (non-hydrogen) atoms. The van der Waals surface area contributed by atoms with E-state index in [1.54, 1.807) is 6.20 Å². The summed E-state index contributed by atoms with van der Waals surface area (Å²) in [5, 5.41) is 0. The van der Waals surface area contributed by atoms with E-state index in [4.69, 9.17) is 4.42 Å². The quantitative estimate of drug-likeness (QED) is 0.673. The van der Waals surface area contributed by atoms with Gasteiger partial charge in [0.15, 0.2) is 11.7 Å². The number of aryl methyl sites for hydroxylation is 2. The zero-order valence-corrected chi connectivity index (χ0v) is 11.8. The van der Waals surface area contributed by atoms with Crippen molar-refractivity contribution in [2.24, 2.45) is 0 Å². The van der Waals surface area contributed by atoms with Crippen molar-refractivity contribution in [1.82, 2.24) is 4.98 Å². The van der Waals surface area contributed by atoms with Crippen molar-refractivity contribution in [3.63, 3.8) is 0 Å². The van der Waals surface area contributed by atoms with Crippen LogP contribution in [-0.2, 0) is 6.42 Å². The first-order valence-corrected chi connectivity index (χ1v) is 6.88. The monoisotopic (exact) mass is 263 g/mol. The van der Waals surface area contributed by atoms with Gasteiger partial charge in [-0.15, -0.1) is 0 Å². The molecule has 2 aromatic carbocycles. The Morgan fingerprint density at radius 2 is 1.40 bits per heavy atom. The first-order valence-electron chi connectivity index (χ1n) is 6.88. The molecule has 1 aromatic heterocycles. The van der Waals surface area contributed by atoms with Crippen LogP contribution in [0.25, 0.3) is 22.5 Å². The SMILES string of the molecule is CCc1ccc(-c2ccc(-c3cnc(C)o3)cc2)cc1. The summed E-state index contributed by atoms with van der Waals surface area (Å²) >= 11 is 0. The van der Waals surface area contributed by atoms with Gasteiger partial charge in [0.25, 0.3) is 0 Å². The Morgan fingerprint density at radius 1 is 0.850 bits per heavy atom. The normalized spacial score (nSPS) is 10.7. The number of hydrogen-bond donors (Lipinski definition) is 0. The smallest absolute Gasteiger partial charge is 0.191 e. The van der Waals surface area contributed by atoms with E-state index in [2.05, 4.69) is 60.4 Å². The lowest BCUT2D eigenvalue weighted by molar-refractivity contribution is 0.534. The molecule has 100 valence electrons. The van der Waals surface area contributed by atoms with E-state index in [1.165, 1.54) is 16.7 Å². The zero-order chi connectivity index (χ0) is 13.9. The Labute approximate surface area is 119 Å². The van der Waals surface area contributed by atoms with Crippen molar-refractivity contribution in [3.8, 4) is 22.5 Å². The Hall–Kier alpha value is -2.35. The van der Waals surface area contributed by atoms with E-state index in [-0.39, 0.29) is 0 Å². The third-order valence-electron chi connectivity index (χ3n) is 3.49. The van der Waals surface area contributed by atoms with Gasteiger partial charge in [0.05, 0.1) is 6.20 Å². The molecule has 0 unspecified atom stereocenters. The number of benzene rings is 2. The molecule has 0 radical (unpaired) electrons. The van der Waals surface area contributed by atoms with Crippen molar-refractivity contribution in [1.29, 1.82) is 0 Å². The third kappa shape index (κ3) is 2.50. The van der Waals surface area contributed by atoms with E-state index in [9.17, 15) is 0 Å². The number of rotatable bonds is 3. The maximum absolute atomic E-state index is 5.53. The van der Waals surface area contributed by atoms with Gasteiger partial charge in [-0.25, -0.2) is 4.98 Å². The Bertz CT molecular complexity index is 693. The topological polar surface area (TPSA) is 26.0 Å². The predicted octanol–water partition coefficient (Wildman–Crippen LogP) is 4.88. The first kappa shape index (κ1) is 12.7. The van der Waals surface area contributed by atoms with Crippen LogP contribution in [0.4, 0.5) is 0 Å². The molecule has 0 N–H and O–H groups in total. The van der Waals surface area contributed by atoms with Gasteiger partial charge in [0, 0.05) is 12.5 Å². The number of oxazole rings is 1. The van der Waals surface area contributed by atoms with E-state index in [0.717, 1.165) is 17.7 Å². The molecule has 2 nitrogen and oxygen atoms in total. The van der Waals surface area contributed by atoms with Crippen LogP contribution in [0.5, 0.6) is 0 Å². The molecule has 0 atom stereocenters. The van der Waals surface area contributed by atoms with Crippen LogP contribution in [0.15, 0.2) is 59.1 Å². The summed E-state index contributed by atoms with van der Waals surface area (Å²) in [6.45, 7) is 4.02. The van der Waals surface area contributed by atoms with Crippen LogP contribution in [0, 0.1) is 6.92 Å². The maximum atomic E-state index is 5.53. The second-order valence-corrected chi connectivity index (χ2v) is 4.87. The Morgan fingerprint density at radius 3 is 1.90 bits per heavy atom. The molecule has 2 heteroatoms. The fourth-order valence-electron chi connectivity index (χ4n) is 2.25. The summed E-state index contributed by atoms with van der Waals surface area (Å²) in [6, 6.07) is 17.1. The Kier molecular flexibility index (Phi) is 3.38. The molecule has 1 heterocycles. The molecular formula is C18H17NO. The third-order valence-corrected chi connectivity index (χ3v) is 3.49. The molecule has 0 bridgehead atoms. The molecule has 0 saturated heterocycles. The number of aromatic nitrogens is 1. The second kappa shape index (κ2) is 5.33. The van der Waals surface area contributed by atoms with Gasteiger partial charge in [-0.2, -0.15) is 0 Å². The van der Waals surface area contributed by atoms with E-state index >= 15 is 0 Å². The fourth-order valence-corrected chi connectivity index (χ4v) is 2.25. The predicted molar refractivity (Wildman–Crippen MR) is 81.5 cm³/mol. The number of hydrogen-bond acceptors (Lipinski definition) is 2. The van der Waals surface area contributed by atoms with Crippen LogP contribution in [0.1, 0.15) is 18.4 Å². The lowest BCUT2D eigenvalue weighted by Gasteiger charge is -2.04. The molecule has 0 spiro atoms. The highest BCUT2D eigenvalue weighted by atomic mass is 16.4. The first-order chi connectivity index (χ1) is 9.76. The largest absolute Gasteiger partial charge is 0.441 e. The molecule has 0 saturated carbocycles. The molecule has 0 aliphatic heterocycles. The number of nitrogens with zero attached hydrogens (tertiary/aromatic N) is 1. The maximum Gasteiger partial charge on any atom is 0.191 e. The highest BCUT2D eigenvalue weighted by Crippen LogP contribution is 2.25.